The molecule has 1 aromatic heterocycles. The van der Waals surface area contributed by atoms with Crippen LogP contribution < -0.4 is 0 Å². The molecule has 0 radical (unpaired) electrons. The molecule has 1 aliphatic rings. The van der Waals surface area contributed by atoms with Gasteiger partial charge < -0.3 is 14.0 Å². The molecule has 1 aliphatic heterocycles. The van der Waals surface area contributed by atoms with Crippen LogP contribution >= 0.6 is 0 Å². The molecule has 4 nitrogen and oxygen atoms in total. The third-order valence-corrected chi connectivity index (χ3v) is 3.87. The number of hydrogen-bond donors (Lipinski definition) is 0. The van der Waals surface area contributed by atoms with Gasteiger partial charge >= 0.3 is 0 Å². The van der Waals surface area contributed by atoms with E-state index < -0.39 is 5.79 Å². The van der Waals surface area contributed by atoms with Gasteiger partial charge in [0.25, 0.3) is 0 Å². The molecule has 0 N–H and O–H groups in total. The maximum atomic E-state index is 6.01. The first-order chi connectivity index (χ1) is 10.4. The SMILES string of the molecule is c1ccc(CCCC2(Cn3ccnc3)OCCCO2)cc1. The lowest BCUT2D eigenvalue weighted by Gasteiger charge is -2.37. The van der Waals surface area contributed by atoms with Crippen LogP contribution in [0.2, 0.25) is 0 Å². The first-order valence-electron chi connectivity index (χ1n) is 7.64. The summed E-state index contributed by atoms with van der Waals surface area (Å²) in [7, 11) is 0. The monoisotopic (exact) mass is 286 g/mol. The van der Waals surface area contributed by atoms with Gasteiger partial charge in [-0.25, -0.2) is 4.98 Å². The first-order valence-corrected chi connectivity index (χ1v) is 7.64. The summed E-state index contributed by atoms with van der Waals surface area (Å²) in [5.74, 6) is -0.492. The Morgan fingerprint density at radius 2 is 1.95 bits per heavy atom. The Morgan fingerprint density at radius 1 is 1.14 bits per heavy atom. The van der Waals surface area contributed by atoms with Crippen LogP contribution in [-0.2, 0) is 22.4 Å². The minimum absolute atomic E-state index is 0.492. The predicted octanol–water partition coefficient (Wildman–Crippen LogP) is 3.04. The number of aryl methyl sites for hydroxylation is 1. The maximum absolute atomic E-state index is 6.01. The third kappa shape index (κ3) is 3.93. The average Bonchev–Trinajstić information content (AvgIpc) is 3.02. The van der Waals surface area contributed by atoms with E-state index >= 15 is 0 Å². The van der Waals surface area contributed by atoms with Crippen molar-refractivity contribution >= 4 is 0 Å². The quantitative estimate of drug-likeness (QED) is 0.819. The van der Waals surface area contributed by atoms with E-state index in [4.69, 9.17) is 9.47 Å². The highest BCUT2D eigenvalue weighted by Gasteiger charge is 2.34. The Kier molecular flexibility index (Phi) is 4.68. The summed E-state index contributed by atoms with van der Waals surface area (Å²) in [6.07, 6.45) is 9.56. The van der Waals surface area contributed by atoms with Crippen LogP contribution in [0.4, 0.5) is 0 Å². The van der Waals surface area contributed by atoms with Crippen molar-refractivity contribution in [3.63, 3.8) is 0 Å². The molecule has 0 spiro atoms. The van der Waals surface area contributed by atoms with Gasteiger partial charge in [0.15, 0.2) is 5.79 Å². The lowest BCUT2D eigenvalue weighted by atomic mass is 10.0. The number of hydrogen-bond acceptors (Lipinski definition) is 3. The van der Waals surface area contributed by atoms with Crippen molar-refractivity contribution in [2.24, 2.45) is 0 Å². The zero-order valence-corrected chi connectivity index (χ0v) is 12.3. The van der Waals surface area contributed by atoms with Crippen molar-refractivity contribution in [2.45, 2.75) is 38.0 Å². The Hall–Kier alpha value is -1.65. The van der Waals surface area contributed by atoms with E-state index in [1.807, 2.05) is 17.1 Å². The second-order valence-electron chi connectivity index (χ2n) is 5.54. The smallest absolute Gasteiger partial charge is 0.186 e. The van der Waals surface area contributed by atoms with Gasteiger partial charge in [0.05, 0.1) is 26.1 Å². The Bertz CT molecular complexity index is 519. The van der Waals surface area contributed by atoms with E-state index in [1.54, 1.807) is 6.20 Å². The minimum atomic E-state index is -0.492. The van der Waals surface area contributed by atoms with Crippen LogP contribution in [0.1, 0.15) is 24.8 Å². The number of imidazole rings is 1. The summed E-state index contributed by atoms with van der Waals surface area (Å²) >= 11 is 0. The summed E-state index contributed by atoms with van der Waals surface area (Å²) in [5.41, 5.74) is 1.37. The van der Waals surface area contributed by atoms with E-state index in [9.17, 15) is 0 Å². The molecule has 2 aromatic rings. The molecule has 1 aromatic carbocycles. The molecule has 3 rings (SSSR count). The van der Waals surface area contributed by atoms with E-state index in [0.717, 1.165) is 38.9 Å². The molecule has 0 amide bonds. The Balaban J connectivity index is 1.59. The number of nitrogens with zero attached hydrogens (tertiary/aromatic N) is 2. The van der Waals surface area contributed by atoms with Gasteiger partial charge in [-0.3, -0.25) is 0 Å². The number of benzene rings is 1. The van der Waals surface area contributed by atoms with Gasteiger partial charge in [0.1, 0.15) is 0 Å². The molecule has 0 unspecified atom stereocenters. The normalized spacial score (nSPS) is 17.7. The van der Waals surface area contributed by atoms with Gasteiger partial charge in [-0.15, -0.1) is 0 Å². The average molecular weight is 286 g/mol. The molecule has 21 heavy (non-hydrogen) atoms. The number of ether oxygens (including phenoxy) is 2. The lowest BCUT2D eigenvalue weighted by molar-refractivity contribution is -0.277. The Morgan fingerprint density at radius 3 is 2.67 bits per heavy atom. The summed E-state index contributed by atoms with van der Waals surface area (Å²) < 4.78 is 14.0. The van der Waals surface area contributed by atoms with E-state index in [2.05, 4.69) is 35.3 Å². The molecular weight excluding hydrogens is 264 g/mol. The Labute approximate surface area is 125 Å². The molecule has 0 saturated carbocycles. The summed E-state index contributed by atoms with van der Waals surface area (Å²) in [5, 5.41) is 0. The van der Waals surface area contributed by atoms with Gasteiger partial charge in [-0.1, -0.05) is 30.3 Å². The summed E-state index contributed by atoms with van der Waals surface area (Å²) in [4.78, 5) is 4.10. The molecule has 1 fully saturated rings. The second-order valence-corrected chi connectivity index (χ2v) is 5.54. The molecular formula is C17H22N2O2. The lowest BCUT2D eigenvalue weighted by Crippen LogP contribution is -2.44. The van der Waals surface area contributed by atoms with Gasteiger partial charge in [0.2, 0.25) is 0 Å². The minimum Gasteiger partial charge on any atom is -0.348 e. The topological polar surface area (TPSA) is 36.3 Å². The maximum Gasteiger partial charge on any atom is 0.186 e. The molecule has 0 atom stereocenters. The molecule has 1 saturated heterocycles. The van der Waals surface area contributed by atoms with Crippen molar-refractivity contribution in [3.8, 4) is 0 Å². The molecule has 0 aliphatic carbocycles. The zero-order chi connectivity index (χ0) is 14.4. The predicted molar refractivity (Wildman–Crippen MR) is 80.9 cm³/mol. The fourth-order valence-electron chi connectivity index (χ4n) is 2.80. The van der Waals surface area contributed by atoms with Crippen LogP contribution in [-0.4, -0.2) is 28.6 Å². The standard InChI is InChI=1S/C17H22N2O2/c1-2-6-16(7-3-1)8-4-9-17(20-12-5-13-21-17)14-19-11-10-18-15-19/h1-3,6-7,10-11,15H,4-5,8-9,12-14H2. The molecule has 2 heterocycles. The highest BCUT2D eigenvalue weighted by atomic mass is 16.7. The van der Waals surface area contributed by atoms with E-state index in [-0.39, 0.29) is 0 Å². The number of rotatable bonds is 6. The fraction of sp³-hybridized carbons (Fsp3) is 0.471. The van der Waals surface area contributed by atoms with Crippen molar-refractivity contribution < 1.29 is 9.47 Å². The second kappa shape index (κ2) is 6.87. The molecule has 0 bridgehead atoms. The molecule has 4 heteroatoms. The van der Waals surface area contributed by atoms with Gasteiger partial charge in [-0.2, -0.15) is 0 Å². The van der Waals surface area contributed by atoms with Crippen molar-refractivity contribution in [1.82, 2.24) is 9.55 Å². The van der Waals surface area contributed by atoms with Crippen LogP contribution in [0.25, 0.3) is 0 Å². The highest BCUT2D eigenvalue weighted by Crippen LogP contribution is 2.27. The summed E-state index contributed by atoms with van der Waals surface area (Å²) in [6.45, 7) is 2.27. The van der Waals surface area contributed by atoms with Gasteiger partial charge in [0, 0.05) is 18.8 Å². The van der Waals surface area contributed by atoms with Crippen LogP contribution in [0.5, 0.6) is 0 Å². The van der Waals surface area contributed by atoms with Crippen molar-refractivity contribution in [3.05, 3.63) is 54.6 Å². The number of aromatic nitrogens is 2. The van der Waals surface area contributed by atoms with Crippen LogP contribution in [0.3, 0.4) is 0 Å². The van der Waals surface area contributed by atoms with Crippen molar-refractivity contribution in [2.75, 3.05) is 13.2 Å². The van der Waals surface area contributed by atoms with E-state index in [0.29, 0.717) is 6.54 Å². The van der Waals surface area contributed by atoms with Crippen molar-refractivity contribution in [1.29, 1.82) is 0 Å². The largest absolute Gasteiger partial charge is 0.348 e. The van der Waals surface area contributed by atoms with E-state index in [1.165, 1.54) is 5.56 Å². The zero-order valence-electron chi connectivity index (χ0n) is 12.3. The van der Waals surface area contributed by atoms with Crippen LogP contribution in [0, 0.1) is 0 Å². The fourth-order valence-corrected chi connectivity index (χ4v) is 2.80. The summed E-state index contributed by atoms with van der Waals surface area (Å²) in [6, 6.07) is 10.6. The first kappa shape index (κ1) is 14.3. The highest BCUT2D eigenvalue weighted by molar-refractivity contribution is 5.14. The third-order valence-electron chi connectivity index (χ3n) is 3.87. The van der Waals surface area contributed by atoms with Gasteiger partial charge in [-0.05, 0) is 24.8 Å². The molecule has 112 valence electrons. The van der Waals surface area contributed by atoms with Crippen LogP contribution in [0.15, 0.2) is 49.1 Å².